The van der Waals surface area contributed by atoms with Gasteiger partial charge in [-0.25, -0.2) is 14.3 Å². The lowest BCUT2D eigenvalue weighted by Gasteiger charge is -2.14. The predicted octanol–water partition coefficient (Wildman–Crippen LogP) is 5.56. The maximum atomic E-state index is 13.3. The van der Waals surface area contributed by atoms with Crippen LogP contribution in [0.2, 0.25) is 10.2 Å². The van der Waals surface area contributed by atoms with Crippen LogP contribution >= 0.6 is 23.2 Å². The molecule has 0 unspecified atom stereocenters. The van der Waals surface area contributed by atoms with Crippen molar-refractivity contribution in [3.63, 3.8) is 0 Å². The highest BCUT2D eigenvalue weighted by molar-refractivity contribution is 6.31. The molecule has 0 bridgehead atoms. The highest BCUT2D eigenvalue weighted by atomic mass is 35.5. The van der Waals surface area contributed by atoms with Crippen LogP contribution in [0, 0.1) is 0 Å². The van der Waals surface area contributed by atoms with E-state index in [1.807, 2.05) is 0 Å². The Hall–Kier alpha value is -2.25. The summed E-state index contributed by atoms with van der Waals surface area (Å²) in [4.78, 5) is 15.5. The van der Waals surface area contributed by atoms with Gasteiger partial charge in [-0.15, -0.1) is 0 Å². The van der Waals surface area contributed by atoms with Gasteiger partial charge in [-0.3, -0.25) is 0 Å². The number of carboxylic acid groups (broad SMARTS) is 1. The standard InChI is InChI=1S/C15H7Cl2F3N2O2/c16-8-2-3-10(15(18,19)20)9(6-8)11-5-7-1-4-12(17)21-13(7)22(11)14(23)24/h1-6H,(H,23,24). The maximum absolute atomic E-state index is 13.3. The van der Waals surface area contributed by atoms with Crippen molar-refractivity contribution >= 4 is 40.3 Å². The summed E-state index contributed by atoms with van der Waals surface area (Å²) in [5.41, 5.74) is -1.60. The van der Waals surface area contributed by atoms with Crippen LogP contribution in [-0.4, -0.2) is 20.8 Å². The van der Waals surface area contributed by atoms with Crippen LogP contribution in [-0.2, 0) is 6.18 Å². The van der Waals surface area contributed by atoms with Crippen LogP contribution in [0.15, 0.2) is 36.4 Å². The molecule has 0 spiro atoms. The molecule has 3 aromatic rings. The third kappa shape index (κ3) is 2.81. The molecule has 0 aliphatic rings. The Labute approximate surface area is 143 Å². The summed E-state index contributed by atoms with van der Waals surface area (Å²) in [6, 6.07) is 7.17. The zero-order valence-corrected chi connectivity index (χ0v) is 13.1. The molecule has 0 aliphatic carbocycles. The Bertz CT molecular complexity index is 967. The lowest BCUT2D eigenvalue weighted by Crippen LogP contribution is -2.13. The molecule has 0 radical (unpaired) electrons. The van der Waals surface area contributed by atoms with Gasteiger partial charge in [-0.2, -0.15) is 13.2 Å². The summed E-state index contributed by atoms with van der Waals surface area (Å²) in [6.07, 6.45) is -6.16. The van der Waals surface area contributed by atoms with E-state index in [9.17, 15) is 23.1 Å². The fraction of sp³-hybridized carbons (Fsp3) is 0.0667. The highest BCUT2D eigenvalue weighted by Crippen LogP contribution is 2.40. The van der Waals surface area contributed by atoms with Crippen molar-refractivity contribution < 1.29 is 23.1 Å². The molecule has 0 saturated heterocycles. The Morgan fingerprint density at radius 3 is 2.46 bits per heavy atom. The first-order chi connectivity index (χ1) is 11.2. The van der Waals surface area contributed by atoms with Crippen molar-refractivity contribution in [1.82, 2.24) is 9.55 Å². The first kappa shape index (κ1) is 16.6. The summed E-state index contributed by atoms with van der Waals surface area (Å²) in [5.74, 6) is 0. The molecule has 0 atom stereocenters. The third-order valence-corrected chi connectivity index (χ3v) is 3.82. The van der Waals surface area contributed by atoms with E-state index in [4.69, 9.17) is 23.2 Å². The molecule has 2 aromatic heterocycles. The number of pyridine rings is 1. The summed E-state index contributed by atoms with van der Waals surface area (Å²) >= 11 is 11.6. The number of fused-ring (bicyclic) bond motifs is 1. The van der Waals surface area contributed by atoms with Gasteiger partial charge in [0.25, 0.3) is 0 Å². The predicted molar refractivity (Wildman–Crippen MR) is 83.6 cm³/mol. The minimum absolute atomic E-state index is 0.0248. The summed E-state index contributed by atoms with van der Waals surface area (Å²) < 4.78 is 40.5. The molecular weight excluding hydrogens is 368 g/mol. The van der Waals surface area contributed by atoms with Crippen molar-refractivity contribution in [3.8, 4) is 11.3 Å². The van der Waals surface area contributed by atoms with E-state index in [1.54, 1.807) is 0 Å². The number of benzene rings is 1. The lowest BCUT2D eigenvalue weighted by atomic mass is 10.0. The van der Waals surface area contributed by atoms with E-state index in [0.29, 0.717) is 9.95 Å². The number of nitrogens with zero attached hydrogens (tertiary/aromatic N) is 2. The number of halogens is 5. The van der Waals surface area contributed by atoms with Gasteiger partial charge in [-0.05, 0) is 36.4 Å². The van der Waals surface area contributed by atoms with Gasteiger partial charge >= 0.3 is 12.3 Å². The van der Waals surface area contributed by atoms with Crippen LogP contribution in [0.4, 0.5) is 18.0 Å². The molecule has 2 heterocycles. The molecule has 9 heteroatoms. The van der Waals surface area contributed by atoms with E-state index in [1.165, 1.54) is 18.2 Å². The molecule has 1 aromatic carbocycles. The van der Waals surface area contributed by atoms with Crippen LogP contribution in [0.3, 0.4) is 0 Å². The second-order valence-electron chi connectivity index (χ2n) is 4.88. The Morgan fingerprint density at radius 1 is 1.12 bits per heavy atom. The molecule has 124 valence electrons. The van der Waals surface area contributed by atoms with Crippen molar-refractivity contribution in [2.45, 2.75) is 6.18 Å². The molecule has 0 saturated carbocycles. The first-order valence-corrected chi connectivity index (χ1v) is 7.22. The van der Waals surface area contributed by atoms with Gasteiger partial charge in [0.2, 0.25) is 0 Å². The van der Waals surface area contributed by atoms with Crippen molar-refractivity contribution in [2.24, 2.45) is 0 Å². The van der Waals surface area contributed by atoms with Crippen molar-refractivity contribution in [2.75, 3.05) is 0 Å². The zero-order valence-electron chi connectivity index (χ0n) is 11.6. The molecule has 0 amide bonds. The maximum Gasteiger partial charge on any atom is 0.417 e. The third-order valence-electron chi connectivity index (χ3n) is 3.37. The highest BCUT2D eigenvalue weighted by Gasteiger charge is 2.35. The van der Waals surface area contributed by atoms with Gasteiger partial charge in [0.05, 0.1) is 11.3 Å². The topological polar surface area (TPSA) is 55.1 Å². The zero-order chi connectivity index (χ0) is 17.6. The number of hydrogen-bond donors (Lipinski definition) is 1. The summed E-state index contributed by atoms with van der Waals surface area (Å²) in [5, 5.41) is 9.84. The second kappa shape index (κ2) is 5.68. The normalized spacial score (nSPS) is 11.9. The average Bonchev–Trinajstić information content (AvgIpc) is 2.84. The van der Waals surface area contributed by atoms with E-state index in [2.05, 4.69) is 4.98 Å². The van der Waals surface area contributed by atoms with E-state index in [0.717, 1.165) is 18.2 Å². The molecule has 1 N–H and O–H groups in total. The van der Waals surface area contributed by atoms with Gasteiger partial charge in [-0.1, -0.05) is 23.2 Å². The number of rotatable bonds is 1. The largest absolute Gasteiger partial charge is 0.464 e. The van der Waals surface area contributed by atoms with Crippen LogP contribution in [0.5, 0.6) is 0 Å². The Kier molecular flexibility index (Phi) is 3.93. The van der Waals surface area contributed by atoms with Gasteiger partial charge in [0, 0.05) is 16.0 Å². The van der Waals surface area contributed by atoms with Crippen LogP contribution in [0.25, 0.3) is 22.3 Å². The van der Waals surface area contributed by atoms with E-state index < -0.39 is 17.8 Å². The van der Waals surface area contributed by atoms with Crippen molar-refractivity contribution in [3.05, 3.63) is 52.1 Å². The van der Waals surface area contributed by atoms with E-state index >= 15 is 0 Å². The number of aromatic nitrogens is 2. The first-order valence-electron chi connectivity index (χ1n) is 6.47. The molecule has 3 rings (SSSR count). The minimum Gasteiger partial charge on any atom is -0.464 e. The van der Waals surface area contributed by atoms with Crippen LogP contribution < -0.4 is 0 Å². The number of hydrogen-bond acceptors (Lipinski definition) is 2. The molecule has 0 aliphatic heterocycles. The monoisotopic (exact) mass is 374 g/mol. The molecule has 4 nitrogen and oxygen atoms in total. The number of carbonyl (C=O) groups is 1. The van der Waals surface area contributed by atoms with Gasteiger partial charge in [0.15, 0.2) is 5.65 Å². The van der Waals surface area contributed by atoms with Crippen molar-refractivity contribution in [1.29, 1.82) is 0 Å². The second-order valence-corrected chi connectivity index (χ2v) is 5.71. The fourth-order valence-corrected chi connectivity index (χ4v) is 2.74. The fourth-order valence-electron chi connectivity index (χ4n) is 2.42. The Balaban J connectivity index is 2.41. The smallest absolute Gasteiger partial charge is 0.417 e. The van der Waals surface area contributed by atoms with Gasteiger partial charge < -0.3 is 5.11 Å². The summed E-state index contributed by atoms with van der Waals surface area (Å²) in [6.45, 7) is 0. The summed E-state index contributed by atoms with van der Waals surface area (Å²) in [7, 11) is 0. The molecular formula is C15H7Cl2F3N2O2. The molecule has 0 fully saturated rings. The number of alkyl halides is 3. The average molecular weight is 375 g/mol. The van der Waals surface area contributed by atoms with Gasteiger partial charge in [0.1, 0.15) is 5.15 Å². The lowest BCUT2D eigenvalue weighted by molar-refractivity contribution is -0.137. The Morgan fingerprint density at radius 2 is 1.83 bits per heavy atom. The quantitative estimate of drug-likeness (QED) is 0.567. The van der Waals surface area contributed by atoms with E-state index in [-0.39, 0.29) is 27.1 Å². The van der Waals surface area contributed by atoms with Crippen LogP contribution in [0.1, 0.15) is 5.56 Å². The minimum atomic E-state index is -4.68. The molecule has 24 heavy (non-hydrogen) atoms. The SMILES string of the molecule is O=C(O)n1c(-c2cc(Cl)ccc2C(F)(F)F)cc2ccc(Cl)nc21.